The summed E-state index contributed by atoms with van der Waals surface area (Å²) in [6, 6.07) is 2.22. The summed E-state index contributed by atoms with van der Waals surface area (Å²) >= 11 is 5.34. The highest BCUT2D eigenvalue weighted by Gasteiger charge is 2.32. The van der Waals surface area contributed by atoms with Gasteiger partial charge < -0.3 is 5.73 Å². The van der Waals surface area contributed by atoms with Crippen molar-refractivity contribution in [1.29, 1.82) is 0 Å². The first-order valence-electron chi connectivity index (χ1n) is 6.40. The maximum Gasteiger partial charge on any atom is 0.0285 e. The van der Waals surface area contributed by atoms with Gasteiger partial charge in [0.15, 0.2) is 0 Å². The molecule has 0 amide bonds. The standard InChI is InChI=1S/C14H22BrNS/c1-13(2)4-3-5-14(16,7-6-13)9-12-8-11(15)10-17-12/h8,10H,3-7,9,16H2,1-2H3. The average Bonchev–Trinajstić information content (AvgIpc) is 2.55. The van der Waals surface area contributed by atoms with E-state index in [0.29, 0.717) is 5.41 Å². The SMILES string of the molecule is CC1(C)CCCC(N)(Cc2cc(Br)cs2)CC1. The smallest absolute Gasteiger partial charge is 0.0285 e. The zero-order chi connectivity index (χ0) is 12.5. The summed E-state index contributed by atoms with van der Waals surface area (Å²) in [5.41, 5.74) is 7.12. The zero-order valence-electron chi connectivity index (χ0n) is 10.8. The summed E-state index contributed by atoms with van der Waals surface area (Å²) < 4.78 is 1.19. The topological polar surface area (TPSA) is 26.0 Å². The van der Waals surface area contributed by atoms with Crippen molar-refractivity contribution in [3.8, 4) is 0 Å². The Morgan fingerprint density at radius 3 is 2.71 bits per heavy atom. The Bertz CT molecular complexity index is 385. The van der Waals surface area contributed by atoms with Crippen LogP contribution in [0.5, 0.6) is 0 Å². The summed E-state index contributed by atoms with van der Waals surface area (Å²) in [5.74, 6) is 0. The molecule has 1 saturated carbocycles. The maximum absolute atomic E-state index is 6.61. The maximum atomic E-state index is 6.61. The Morgan fingerprint density at radius 2 is 2.06 bits per heavy atom. The molecule has 96 valence electrons. The Morgan fingerprint density at radius 1 is 1.29 bits per heavy atom. The highest BCUT2D eigenvalue weighted by atomic mass is 79.9. The first kappa shape index (κ1) is 13.6. The molecule has 1 nitrogen and oxygen atoms in total. The second-order valence-corrected chi connectivity index (χ2v) is 8.20. The highest BCUT2D eigenvalue weighted by molar-refractivity contribution is 9.10. The fraction of sp³-hybridized carbons (Fsp3) is 0.714. The van der Waals surface area contributed by atoms with E-state index in [-0.39, 0.29) is 5.54 Å². The van der Waals surface area contributed by atoms with Crippen LogP contribution in [0.1, 0.15) is 50.8 Å². The van der Waals surface area contributed by atoms with Gasteiger partial charge in [-0.2, -0.15) is 0 Å². The molecule has 0 aromatic carbocycles. The van der Waals surface area contributed by atoms with E-state index in [0.717, 1.165) is 12.8 Å². The molecule has 1 fully saturated rings. The molecule has 3 heteroatoms. The quantitative estimate of drug-likeness (QED) is 0.784. The predicted molar refractivity (Wildman–Crippen MR) is 79.5 cm³/mol. The van der Waals surface area contributed by atoms with E-state index >= 15 is 0 Å². The van der Waals surface area contributed by atoms with Gasteiger partial charge in [-0.1, -0.05) is 20.3 Å². The molecule has 2 N–H and O–H groups in total. The fourth-order valence-corrected chi connectivity index (χ4v) is 4.33. The molecule has 1 atom stereocenters. The van der Waals surface area contributed by atoms with Gasteiger partial charge in [0.25, 0.3) is 0 Å². The van der Waals surface area contributed by atoms with E-state index in [1.54, 1.807) is 0 Å². The van der Waals surface area contributed by atoms with Crippen molar-refractivity contribution in [3.05, 3.63) is 20.8 Å². The lowest BCUT2D eigenvalue weighted by Gasteiger charge is -2.28. The molecular formula is C14H22BrNS. The molecule has 1 aromatic rings. The van der Waals surface area contributed by atoms with E-state index in [9.17, 15) is 0 Å². The van der Waals surface area contributed by atoms with Crippen LogP contribution >= 0.6 is 27.3 Å². The summed E-state index contributed by atoms with van der Waals surface area (Å²) in [6.07, 6.45) is 7.23. The van der Waals surface area contributed by atoms with Crippen molar-refractivity contribution in [3.63, 3.8) is 0 Å². The van der Waals surface area contributed by atoms with Gasteiger partial charge in [0.1, 0.15) is 0 Å². The molecule has 0 radical (unpaired) electrons. The third kappa shape index (κ3) is 3.80. The number of thiophene rings is 1. The first-order valence-corrected chi connectivity index (χ1v) is 8.08. The lowest BCUT2D eigenvalue weighted by molar-refractivity contribution is 0.297. The largest absolute Gasteiger partial charge is 0.325 e. The lowest BCUT2D eigenvalue weighted by Crippen LogP contribution is -2.41. The third-order valence-electron chi connectivity index (χ3n) is 3.98. The van der Waals surface area contributed by atoms with Crippen LogP contribution in [-0.4, -0.2) is 5.54 Å². The van der Waals surface area contributed by atoms with Gasteiger partial charge in [-0.15, -0.1) is 11.3 Å². The van der Waals surface area contributed by atoms with Crippen LogP contribution in [-0.2, 0) is 6.42 Å². The zero-order valence-corrected chi connectivity index (χ0v) is 13.2. The Balaban J connectivity index is 2.03. The van der Waals surface area contributed by atoms with Crippen LogP contribution in [0.15, 0.2) is 15.9 Å². The molecule has 0 bridgehead atoms. The van der Waals surface area contributed by atoms with Crippen molar-refractivity contribution in [1.82, 2.24) is 0 Å². The van der Waals surface area contributed by atoms with E-state index in [2.05, 4.69) is 41.2 Å². The van der Waals surface area contributed by atoms with Crippen molar-refractivity contribution < 1.29 is 0 Å². The highest BCUT2D eigenvalue weighted by Crippen LogP contribution is 2.39. The Hall–Kier alpha value is 0.140. The lowest BCUT2D eigenvalue weighted by atomic mass is 9.82. The summed E-state index contributed by atoms with van der Waals surface area (Å²) in [6.45, 7) is 4.75. The van der Waals surface area contributed by atoms with Gasteiger partial charge in [-0.05, 0) is 59.5 Å². The minimum Gasteiger partial charge on any atom is -0.325 e. The number of hydrogen-bond acceptors (Lipinski definition) is 2. The monoisotopic (exact) mass is 315 g/mol. The minimum atomic E-state index is 0.0259. The Labute approximate surface area is 117 Å². The molecule has 1 unspecified atom stereocenters. The van der Waals surface area contributed by atoms with Crippen LogP contribution < -0.4 is 5.73 Å². The molecular weight excluding hydrogens is 294 g/mol. The fourth-order valence-electron chi connectivity index (χ4n) is 2.73. The van der Waals surface area contributed by atoms with E-state index in [4.69, 9.17) is 5.73 Å². The van der Waals surface area contributed by atoms with Gasteiger partial charge in [0.2, 0.25) is 0 Å². The second-order valence-electron chi connectivity index (χ2n) is 6.29. The molecule has 1 aromatic heterocycles. The van der Waals surface area contributed by atoms with Gasteiger partial charge in [-0.25, -0.2) is 0 Å². The molecule has 0 aliphatic heterocycles. The first-order chi connectivity index (χ1) is 7.89. The summed E-state index contributed by atoms with van der Waals surface area (Å²) in [4.78, 5) is 1.42. The molecule has 1 aliphatic carbocycles. The number of rotatable bonds is 2. The van der Waals surface area contributed by atoms with Gasteiger partial charge >= 0.3 is 0 Å². The molecule has 17 heavy (non-hydrogen) atoms. The van der Waals surface area contributed by atoms with Gasteiger partial charge in [-0.3, -0.25) is 0 Å². The summed E-state index contributed by atoms with van der Waals surface area (Å²) in [7, 11) is 0. The van der Waals surface area contributed by atoms with Gasteiger partial charge in [0, 0.05) is 20.3 Å². The van der Waals surface area contributed by atoms with E-state index in [1.807, 2.05) is 11.3 Å². The van der Waals surface area contributed by atoms with E-state index < -0.39 is 0 Å². The molecule has 1 aliphatic rings. The van der Waals surface area contributed by atoms with Crippen molar-refractivity contribution in [2.24, 2.45) is 11.1 Å². The molecule has 0 spiro atoms. The number of halogens is 1. The molecule has 1 heterocycles. The van der Waals surface area contributed by atoms with Crippen LogP contribution in [0, 0.1) is 5.41 Å². The second kappa shape index (κ2) is 5.02. The van der Waals surface area contributed by atoms with Crippen molar-refractivity contribution >= 4 is 27.3 Å². The average molecular weight is 316 g/mol. The van der Waals surface area contributed by atoms with Crippen LogP contribution in [0.2, 0.25) is 0 Å². The van der Waals surface area contributed by atoms with Gasteiger partial charge in [0.05, 0.1) is 0 Å². The Kier molecular flexibility index (Phi) is 4.01. The predicted octanol–water partition coefficient (Wildman–Crippen LogP) is 4.74. The van der Waals surface area contributed by atoms with Crippen LogP contribution in [0.4, 0.5) is 0 Å². The molecule has 2 rings (SSSR count). The normalized spacial score (nSPS) is 28.9. The third-order valence-corrected chi connectivity index (χ3v) is 5.67. The number of nitrogens with two attached hydrogens (primary N) is 1. The van der Waals surface area contributed by atoms with Crippen LogP contribution in [0.25, 0.3) is 0 Å². The summed E-state index contributed by atoms with van der Waals surface area (Å²) in [5, 5.41) is 2.15. The van der Waals surface area contributed by atoms with Crippen molar-refractivity contribution in [2.45, 2.75) is 57.9 Å². The molecule has 0 saturated heterocycles. The minimum absolute atomic E-state index is 0.0259. The van der Waals surface area contributed by atoms with Crippen LogP contribution in [0.3, 0.4) is 0 Å². The van der Waals surface area contributed by atoms with Crippen molar-refractivity contribution in [2.75, 3.05) is 0 Å². The number of hydrogen-bond donors (Lipinski definition) is 1. The van der Waals surface area contributed by atoms with E-state index in [1.165, 1.54) is 35.0 Å².